The quantitative estimate of drug-likeness (QED) is 0.731. The molecule has 0 bridgehead atoms. The van der Waals surface area contributed by atoms with Gasteiger partial charge < -0.3 is 16.8 Å². The van der Waals surface area contributed by atoms with Crippen LogP contribution in [0.2, 0.25) is 0 Å². The van der Waals surface area contributed by atoms with E-state index in [0.29, 0.717) is 11.9 Å². The molecule has 0 atom stereocenters. The van der Waals surface area contributed by atoms with Gasteiger partial charge in [0.1, 0.15) is 5.66 Å². The molecule has 0 saturated heterocycles. The van der Waals surface area contributed by atoms with E-state index in [1.165, 1.54) is 17.5 Å². The highest BCUT2D eigenvalue weighted by Gasteiger charge is 2.42. The number of rotatable bonds is 1. The molecule has 2 heterocycles. The molecule has 1 aromatic rings. The van der Waals surface area contributed by atoms with Crippen LogP contribution in [0, 0.1) is 0 Å². The van der Waals surface area contributed by atoms with Crippen molar-refractivity contribution >= 4 is 17.6 Å². The van der Waals surface area contributed by atoms with E-state index in [9.17, 15) is 0 Å². The molecule has 1 spiro atoms. The van der Waals surface area contributed by atoms with Gasteiger partial charge in [0.05, 0.1) is 0 Å². The van der Waals surface area contributed by atoms with Crippen LogP contribution >= 0.6 is 0 Å². The minimum Gasteiger partial charge on any atom is -0.369 e. The smallest absolute Gasteiger partial charge is 0.220 e. The number of hydrogen-bond acceptors (Lipinski definition) is 6. The van der Waals surface area contributed by atoms with Crippen molar-refractivity contribution < 1.29 is 0 Å². The SMILES string of the molecule is NC1=NC2(CCCCC2)N(c2ccc3c(c2)CNC3)C(N)=N1. The van der Waals surface area contributed by atoms with Gasteiger partial charge in [-0.05, 0) is 48.9 Å². The van der Waals surface area contributed by atoms with Crippen LogP contribution in [-0.4, -0.2) is 17.6 Å². The molecular formula is C16H22N6. The maximum absolute atomic E-state index is 6.25. The third kappa shape index (κ3) is 2.06. The highest BCUT2D eigenvalue weighted by Crippen LogP contribution is 2.40. The molecule has 6 nitrogen and oxygen atoms in total. The van der Waals surface area contributed by atoms with Gasteiger partial charge in [0, 0.05) is 18.8 Å². The van der Waals surface area contributed by atoms with Crippen molar-refractivity contribution in [2.24, 2.45) is 21.5 Å². The second-order valence-corrected chi connectivity index (χ2v) is 6.38. The van der Waals surface area contributed by atoms with Gasteiger partial charge >= 0.3 is 0 Å². The monoisotopic (exact) mass is 298 g/mol. The first-order chi connectivity index (χ1) is 10.7. The van der Waals surface area contributed by atoms with Gasteiger partial charge in [0.25, 0.3) is 0 Å². The molecule has 4 rings (SSSR count). The van der Waals surface area contributed by atoms with Crippen molar-refractivity contribution in [2.75, 3.05) is 4.90 Å². The van der Waals surface area contributed by atoms with Gasteiger partial charge in [-0.25, -0.2) is 4.99 Å². The standard InChI is InChI=1S/C16H22N6/c17-14-20-15(18)22(16(21-14)6-2-1-3-7-16)13-5-4-11-9-19-10-12(11)8-13/h4-5,8,19H,1-3,6-7,9-10H2,(H4,17,18,20,21). The Morgan fingerprint density at radius 3 is 2.64 bits per heavy atom. The lowest BCUT2D eigenvalue weighted by Crippen LogP contribution is -2.58. The number of fused-ring (bicyclic) bond motifs is 1. The fourth-order valence-electron chi connectivity index (χ4n) is 3.92. The number of anilines is 1. The van der Waals surface area contributed by atoms with Gasteiger partial charge in [0.2, 0.25) is 11.9 Å². The Morgan fingerprint density at radius 2 is 1.82 bits per heavy atom. The Labute approximate surface area is 130 Å². The Kier molecular flexibility index (Phi) is 3.07. The van der Waals surface area contributed by atoms with Gasteiger partial charge in [-0.3, -0.25) is 4.90 Å². The molecule has 116 valence electrons. The number of hydrogen-bond donors (Lipinski definition) is 3. The Bertz CT molecular complexity index is 657. The molecule has 1 aliphatic carbocycles. The van der Waals surface area contributed by atoms with Crippen molar-refractivity contribution in [2.45, 2.75) is 50.9 Å². The minimum absolute atomic E-state index is 0.304. The lowest BCUT2D eigenvalue weighted by molar-refractivity contribution is 0.305. The molecule has 0 amide bonds. The summed E-state index contributed by atoms with van der Waals surface area (Å²) < 4.78 is 0. The largest absolute Gasteiger partial charge is 0.369 e. The van der Waals surface area contributed by atoms with Crippen LogP contribution in [-0.2, 0) is 13.1 Å². The molecule has 0 unspecified atom stereocenters. The Balaban J connectivity index is 1.79. The average molecular weight is 298 g/mol. The molecular weight excluding hydrogens is 276 g/mol. The van der Waals surface area contributed by atoms with E-state index in [2.05, 4.69) is 33.4 Å². The summed E-state index contributed by atoms with van der Waals surface area (Å²) in [5.74, 6) is 0.763. The number of nitrogens with zero attached hydrogens (tertiary/aromatic N) is 3. The molecule has 0 aromatic heterocycles. The highest BCUT2D eigenvalue weighted by atomic mass is 15.4. The van der Waals surface area contributed by atoms with Crippen LogP contribution in [0.3, 0.4) is 0 Å². The van der Waals surface area contributed by atoms with Crippen molar-refractivity contribution in [3.63, 3.8) is 0 Å². The van der Waals surface area contributed by atoms with Crippen LogP contribution in [0.4, 0.5) is 5.69 Å². The molecule has 0 radical (unpaired) electrons. The Morgan fingerprint density at radius 1 is 1.05 bits per heavy atom. The zero-order valence-electron chi connectivity index (χ0n) is 12.7. The molecule has 2 aliphatic heterocycles. The first-order valence-corrected chi connectivity index (χ1v) is 8.00. The Hall–Kier alpha value is -2.08. The maximum Gasteiger partial charge on any atom is 0.220 e. The fraction of sp³-hybridized carbons (Fsp3) is 0.500. The van der Waals surface area contributed by atoms with E-state index in [0.717, 1.165) is 44.5 Å². The van der Waals surface area contributed by atoms with Crippen LogP contribution in [0.15, 0.2) is 28.2 Å². The third-order valence-electron chi connectivity index (χ3n) is 4.93. The summed E-state index contributed by atoms with van der Waals surface area (Å²) in [5.41, 5.74) is 15.6. The number of nitrogens with one attached hydrogen (secondary N) is 1. The topological polar surface area (TPSA) is 92.0 Å². The van der Waals surface area contributed by atoms with Crippen molar-refractivity contribution in [1.82, 2.24) is 5.32 Å². The van der Waals surface area contributed by atoms with E-state index in [1.807, 2.05) is 0 Å². The van der Waals surface area contributed by atoms with Crippen molar-refractivity contribution in [1.29, 1.82) is 0 Å². The summed E-state index contributed by atoms with van der Waals surface area (Å²) in [7, 11) is 0. The molecule has 1 saturated carbocycles. The summed E-state index contributed by atoms with van der Waals surface area (Å²) in [6.07, 6.45) is 5.48. The van der Waals surface area contributed by atoms with Crippen molar-refractivity contribution in [3.8, 4) is 0 Å². The number of benzene rings is 1. The van der Waals surface area contributed by atoms with Crippen molar-refractivity contribution in [3.05, 3.63) is 29.3 Å². The summed E-state index contributed by atoms with van der Waals surface area (Å²) in [4.78, 5) is 11.0. The van der Waals surface area contributed by atoms with Gasteiger partial charge in [-0.15, -0.1) is 0 Å². The van der Waals surface area contributed by atoms with E-state index in [-0.39, 0.29) is 5.66 Å². The molecule has 22 heavy (non-hydrogen) atoms. The van der Waals surface area contributed by atoms with Crippen LogP contribution in [0.25, 0.3) is 0 Å². The molecule has 1 aromatic carbocycles. The zero-order valence-corrected chi connectivity index (χ0v) is 12.7. The minimum atomic E-state index is -0.353. The highest BCUT2D eigenvalue weighted by molar-refractivity contribution is 6.05. The summed E-state index contributed by atoms with van der Waals surface area (Å²) in [5, 5.41) is 3.38. The van der Waals surface area contributed by atoms with Gasteiger partial charge in [-0.1, -0.05) is 12.5 Å². The molecule has 3 aliphatic rings. The normalized spacial score (nSPS) is 23.2. The second-order valence-electron chi connectivity index (χ2n) is 6.38. The first kappa shape index (κ1) is 13.6. The number of nitrogens with two attached hydrogens (primary N) is 2. The van der Waals surface area contributed by atoms with E-state index in [1.54, 1.807) is 0 Å². The first-order valence-electron chi connectivity index (χ1n) is 8.00. The zero-order chi connectivity index (χ0) is 15.2. The van der Waals surface area contributed by atoms with Gasteiger partial charge in [-0.2, -0.15) is 4.99 Å². The van der Waals surface area contributed by atoms with E-state index in [4.69, 9.17) is 16.5 Å². The summed E-state index contributed by atoms with van der Waals surface area (Å²) in [6.45, 7) is 1.85. The predicted molar refractivity (Wildman–Crippen MR) is 88.5 cm³/mol. The molecule has 5 N–H and O–H groups in total. The van der Waals surface area contributed by atoms with Gasteiger partial charge in [0.15, 0.2) is 0 Å². The maximum atomic E-state index is 6.25. The average Bonchev–Trinajstić information content (AvgIpc) is 2.94. The van der Waals surface area contributed by atoms with Crippen LogP contribution < -0.4 is 21.7 Å². The van der Waals surface area contributed by atoms with E-state index >= 15 is 0 Å². The lowest BCUT2D eigenvalue weighted by atomic mass is 9.87. The van der Waals surface area contributed by atoms with Crippen LogP contribution in [0.5, 0.6) is 0 Å². The summed E-state index contributed by atoms with van der Waals surface area (Å²) in [6, 6.07) is 6.52. The van der Waals surface area contributed by atoms with Crippen LogP contribution in [0.1, 0.15) is 43.2 Å². The molecule has 6 heteroatoms. The fourth-order valence-corrected chi connectivity index (χ4v) is 3.92. The predicted octanol–water partition coefficient (Wildman–Crippen LogP) is 1.40. The number of aliphatic imine (C=N–C) groups is 2. The second kappa shape index (κ2) is 4.98. The lowest BCUT2D eigenvalue weighted by Gasteiger charge is -2.45. The number of guanidine groups is 2. The van der Waals surface area contributed by atoms with E-state index < -0.39 is 0 Å². The third-order valence-corrected chi connectivity index (χ3v) is 4.93. The summed E-state index contributed by atoms with van der Waals surface area (Å²) >= 11 is 0. The molecule has 1 fully saturated rings.